The SMILES string of the molecule is COc1cc(CCN2CCc3cc(OC)c(OC)cc3C2)ccc1NC(=O)c1ccccc1[N+](=O)[O-]. The molecule has 1 N–H and O–H groups in total. The van der Waals surface area contributed by atoms with Crippen LogP contribution in [0.4, 0.5) is 11.4 Å². The third kappa shape index (κ3) is 5.41. The molecule has 0 atom stereocenters. The van der Waals surface area contributed by atoms with Gasteiger partial charge in [0.1, 0.15) is 11.3 Å². The molecule has 0 spiro atoms. The fourth-order valence-corrected chi connectivity index (χ4v) is 4.43. The van der Waals surface area contributed by atoms with Crippen molar-refractivity contribution in [3.63, 3.8) is 0 Å². The van der Waals surface area contributed by atoms with Gasteiger partial charge < -0.3 is 19.5 Å². The van der Waals surface area contributed by atoms with E-state index in [2.05, 4.69) is 22.3 Å². The molecular weight excluding hydrogens is 462 g/mol. The number of carbonyl (C=O) groups is 1. The first-order chi connectivity index (χ1) is 17.4. The number of hydrogen-bond donors (Lipinski definition) is 1. The van der Waals surface area contributed by atoms with Crippen molar-refractivity contribution in [2.45, 2.75) is 19.4 Å². The normalized spacial score (nSPS) is 13.0. The minimum atomic E-state index is -0.569. The Kier molecular flexibility index (Phi) is 7.70. The molecule has 188 valence electrons. The minimum absolute atomic E-state index is 0.00624. The number of nitrogens with zero attached hydrogens (tertiary/aromatic N) is 2. The van der Waals surface area contributed by atoms with Crippen molar-refractivity contribution < 1.29 is 23.9 Å². The van der Waals surface area contributed by atoms with Crippen LogP contribution in [0.15, 0.2) is 54.6 Å². The maximum Gasteiger partial charge on any atom is 0.282 e. The third-order valence-electron chi connectivity index (χ3n) is 6.37. The number of rotatable bonds is 9. The molecule has 1 aliphatic rings. The summed E-state index contributed by atoms with van der Waals surface area (Å²) in [4.78, 5) is 25.8. The van der Waals surface area contributed by atoms with Crippen LogP contribution in [0.5, 0.6) is 17.2 Å². The predicted molar refractivity (Wildman–Crippen MR) is 136 cm³/mol. The summed E-state index contributed by atoms with van der Waals surface area (Å²) in [5.74, 6) is 1.43. The summed E-state index contributed by atoms with van der Waals surface area (Å²) in [5.41, 5.74) is 3.79. The van der Waals surface area contributed by atoms with Crippen molar-refractivity contribution in [3.8, 4) is 17.2 Å². The Hall–Kier alpha value is -4.11. The summed E-state index contributed by atoms with van der Waals surface area (Å²) in [7, 11) is 4.82. The molecule has 0 bridgehead atoms. The van der Waals surface area contributed by atoms with Crippen molar-refractivity contribution in [1.29, 1.82) is 0 Å². The van der Waals surface area contributed by atoms with Crippen LogP contribution in [0.3, 0.4) is 0 Å². The van der Waals surface area contributed by atoms with Gasteiger partial charge in [0.05, 0.1) is 31.9 Å². The van der Waals surface area contributed by atoms with E-state index in [1.807, 2.05) is 12.1 Å². The lowest BCUT2D eigenvalue weighted by Crippen LogP contribution is -2.32. The second-order valence-electron chi connectivity index (χ2n) is 8.52. The van der Waals surface area contributed by atoms with Gasteiger partial charge >= 0.3 is 0 Å². The molecule has 0 saturated heterocycles. The number of benzene rings is 3. The Morgan fingerprint density at radius 2 is 1.67 bits per heavy atom. The highest BCUT2D eigenvalue weighted by Crippen LogP contribution is 2.33. The van der Waals surface area contributed by atoms with E-state index >= 15 is 0 Å². The van der Waals surface area contributed by atoms with E-state index < -0.39 is 10.8 Å². The zero-order valence-electron chi connectivity index (χ0n) is 20.6. The van der Waals surface area contributed by atoms with Gasteiger partial charge in [-0.25, -0.2) is 0 Å². The molecule has 0 saturated carbocycles. The molecule has 0 aromatic heterocycles. The summed E-state index contributed by atoms with van der Waals surface area (Å²) >= 11 is 0. The number of methoxy groups -OCH3 is 3. The molecule has 9 heteroatoms. The lowest BCUT2D eigenvalue weighted by molar-refractivity contribution is -0.385. The van der Waals surface area contributed by atoms with Crippen LogP contribution in [-0.4, -0.2) is 50.1 Å². The van der Waals surface area contributed by atoms with Gasteiger partial charge in [0.15, 0.2) is 11.5 Å². The summed E-state index contributed by atoms with van der Waals surface area (Å²) in [6.07, 6.45) is 1.74. The zero-order valence-corrected chi connectivity index (χ0v) is 20.6. The van der Waals surface area contributed by atoms with Crippen LogP contribution in [0.2, 0.25) is 0 Å². The molecule has 0 unspecified atom stereocenters. The number of nitro benzene ring substituents is 1. The fourth-order valence-electron chi connectivity index (χ4n) is 4.43. The average Bonchev–Trinajstić information content (AvgIpc) is 2.91. The summed E-state index contributed by atoms with van der Waals surface area (Å²) in [6, 6.07) is 15.6. The number of carbonyl (C=O) groups excluding carboxylic acids is 1. The monoisotopic (exact) mass is 491 g/mol. The van der Waals surface area contributed by atoms with E-state index in [-0.39, 0.29) is 11.3 Å². The number of hydrogen-bond acceptors (Lipinski definition) is 7. The molecule has 36 heavy (non-hydrogen) atoms. The number of anilines is 1. The molecule has 1 amide bonds. The van der Waals surface area contributed by atoms with Crippen LogP contribution in [0, 0.1) is 10.1 Å². The van der Waals surface area contributed by atoms with Crippen molar-refractivity contribution in [2.24, 2.45) is 0 Å². The van der Waals surface area contributed by atoms with Gasteiger partial charge in [0, 0.05) is 25.7 Å². The van der Waals surface area contributed by atoms with Gasteiger partial charge in [-0.3, -0.25) is 19.8 Å². The highest BCUT2D eigenvalue weighted by atomic mass is 16.6. The maximum atomic E-state index is 12.7. The van der Waals surface area contributed by atoms with Crippen LogP contribution >= 0.6 is 0 Å². The fraction of sp³-hybridized carbons (Fsp3) is 0.296. The van der Waals surface area contributed by atoms with E-state index in [1.165, 1.54) is 36.4 Å². The quantitative estimate of drug-likeness (QED) is 0.348. The minimum Gasteiger partial charge on any atom is -0.495 e. The van der Waals surface area contributed by atoms with E-state index in [1.54, 1.807) is 26.4 Å². The molecule has 3 aromatic carbocycles. The molecule has 1 heterocycles. The second kappa shape index (κ2) is 11.1. The first-order valence-corrected chi connectivity index (χ1v) is 11.6. The highest BCUT2D eigenvalue weighted by Gasteiger charge is 2.21. The standard InChI is InChI=1S/C27H29N3O6/c1-34-24-14-18(8-9-22(24)28-27(31)21-6-4-5-7-23(21)30(32)33)10-12-29-13-11-19-15-25(35-2)26(36-3)16-20(19)17-29/h4-9,14-16H,10-13,17H2,1-3H3,(H,28,31). The van der Waals surface area contributed by atoms with Crippen LogP contribution in [0.1, 0.15) is 27.0 Å². The number of para-hydroxylation sites is 1. The molecule has 4 rings (SSSR count). The number of amides is 1. The largest absolute Gasteiger partial charge is 0.495 e. The van der Waals surface area contributed by atoms with Crippen molar-refractivity contribution in [1.82, 2.24) is 4.90 Å². The number of nitrogens with one attached hydrogen (secondary N) is 1. The topological polar surface area (TPSA) is 103 Å². The van der Waals surface area contributed by atoms with Crippen molar-refractivity contribution in [2.75, 3.05) is 39.7 Å². The molecule has 0 radical (unpaired) electrons. The lowest BCUT2D eigenvalue weighted by atomic mass is 9.98. The molecule has 1 aliphatic heterocycles. The average molecular weight is 492 g/mol. The van der Waals surface area contributed by atoms with Gasteiger partial charge in [-0.2, -0.15) is 0 Å². The highest BCUT2D eigenvalue weighted by molar-refractivity contribution is 6.07. The summed E-state index contributed by atoms with van der Waals surface area (Å²) in [5, 5.41) is 14.0. The molecule has 9 nitrogen and oxygen atoms in total. The lowest BCUT2D eigenvalue weighted by Gasteiger charge is -2.29. The predicted octanol–water partition coefficient (Wildman–Crippen LogP) is 4.47. The second-order valence-corrected chi connectivity index (χ2v) is 8.52. The molecular formula is C27H29N3O6. The van der Waals surface area contributed by atoms with Crippen LogP contribution < -0.4 is 19.5 Å². The Morgan fingerprint density at radius 3 is 2.36 bits per heavy atom. The van der Waals surface area contributed by atoms with Crippen LogP contribution in [0.25, 0.3) is 0 Å². The number of ether oxygens (including phenoxy) is 3. The smallest absolute Gasteiger partial charge is 0.282 e. The van der Waals surface area contributed by atoms with E-state index in [0.29, 0.717) is 11.4 Å². The summed E-state index contributed by atoms with van der Waals surface area (Å²) in [6.45, 7) is 2.64. The summed E-state index contributed by atoms with van der Waals surface area (Å²) < 4.78 is 16.4. The van der Waals surface area contributed by atoms with E-state index in [0.717, 1.165) is 49.5 Å². The van der Waals surface area contributed by atoms with Crippen molar-refractivity contribution >= 4 is 17.3 Å². The Morgan fingerprint density at radius 1 is 0.972 bits per heavy atom. The molecule has 0 aliphatic carbocycles. The number of nitro groups is 1. The van der Waals surface area contributed by atoms with Gasteiger partial charge in [0.2, 0.25) is 0 Å². The van der Waals surface area contributed by atoms with Crippen molar-refractivity contribution in [3.05, 3.63) is 87.0 Å². The van der Waals surface area contributed by atoms with Crippen LogP contribution in [-0.2, 0) is 19.4 Å². The first-order valence-electron chi connectivity index (χ1n) is 11.6. The van der Waals surface area contributed by atoms with Gasteiger partial charge in [-0.1, -0.05) is 18.2 Å². The zero-order chi connectivity index (χ0) is 25.7. The number of fused-ring (bicyclic) bond motifs is 1. The van der Waals surface area contributed by atoms with Gasteiger partial charge in [-0.15, -0.1) is 0 Å². The Bertz CT molecular complexity index is 1280. The van der Waals surface area contributed by atoms with Gasteiger partial charge in [0.25, 0.3) is 11.6 Å². The maximum absolute atomic E-state index is 12.7. The Balaban J connectivity index is 1.42. The van der Waals surface area contributed by atoms with Gasteiger partial charge in [-0.05, 0) is 59.9 Å². The molecule has 0 fully saturated rings. The first kappa shape index (κ1) is 25.0. The Labute approximate surface area is 209 Å². The van der Waals surface area contributed by atoms with E-state index in [4.69, 9.17) is 14.2 Å². The third-order valence-corrected chi connectivity index (χ3v) is 6.37. The van der Waals surface area contributed by atoms with E-state index in [9.17, 15) is 14.9 Å². The molecule has 3 aromatic rings.